The zero-order chi connectivity index (χ0) is 18.5. The van der Waals surface area contributed by atoms with Crippen LogP contribution in [0.25, 0.3) is 0 Å². The topological polar surface area (TPSA) is 26.7 Å². The Morgan fingerprint density at radius 2 is 1.77 bits per heavy atom. The summed E-state index contributed by atoms with van der Waals surface area (Å²) in [7, 11) is 2.16. The highest BCUT2D eigenvalue weighted by Gasteiger charge is 2.20. The van der Waals surface area contributed by atoms with Crippen LogP contribution in [-0.4, -0.2) is 49.1 Å². The third-order valence-electron chi connectivity index (χ3n) is 5.45. The van der Waals surface area contributed by atoms with Gasteiger partial charge >= 0.3 is 0 Å². The van der Waals surface area contributed by atoms with Gasteiger partial charge in [0, 0.05) is 43.7 Å². The Kier molecular flexibility index (Phi) is 6.58. The molecule has 0 aliphatic carbocycles. The van der Waals surface area contributed by atoms with Crippen molar-refractivity contribution < 1.29 is 5.11 Å². The second-order valence-corrected chi connectivity index (χ2v) is 7.65. The van der Waals surface area contributed by atoms with Crippen LogP contribution >= 0.6 is 11.6 Å². The zero-order valence-electron chi connectivity index (χ0n) is 15.7. The summed E-state index contributed by atoms with van der Waals surface area (Å²) in [6.45, 7) is 6.32. The number of nitrogens with zero attached hydrogens (tertiary/aromatic N) is 2. The Balaban J connectivity index is 1.72. The van der Waals surface area contributed by atoms with Crippen LogP contribution in [0, 0.1) is 6.92 Å². The summed E-state index contributed by atoms with van der Waals surface area (Å²) in [4.78, 5) is 4.75. The number of aryl methyl sites for hydroxylation is 1. The fourth-order valence-electron chi connectivity index (χ4n) is 3.72. The summed E-state index contributed by atoms with van der Waals surface area (Å²) < 4.78 is 0. The molecule has 0 amide bonds. The van der Waals surface area contributed by atoms with E-state index in [0.717, 1.165) is 31.7 Å². The highest BCUT2D eigenvalue weighted by molar-refractivity contribution is 6.18. The second-order valence-electron chi connectivity index (χ2n) is 7.34. The first kappa shape index (κ1) is 19.2. The van der Waals surface area contributed by atoms with E-state index in [2.05, 4.69) is 54.1 Å². The van der Waals surface area contributed by atoms with Gasteiger partial charge < -0.3 is 14.9 Å². The van der Waals surface area contributed by atoms with E-state index in [4.69, 9.17) is 11.6 Å². The SMILES string of the molecule is Cc1ccccc1C(CCl)CC(O)c1cccc(N2CCN(C)CC2)c1. The van der Waals surface area contributed by atoms with Crippen molar-refractivity contribution in [1.29, 1.82) is 0 Å². The number of aliphatic hydroxyl groups is 1. The van der Waals surface area contributed by atoms with Gasteiger partial charge in [0.2, 0.25) is 0 Å². The number of benzene rings is 2. The highest BCUT2D eigenvalue weighted by atomic mass is 35.5. The number of hydrogen-bond donors (Lipinski definition) is 1. The van der Waals surface area contributed by atoms with Crippen LogP contribution in [0.1, 0.15) is 35.1 Å². The molecule has 0 spiro atoms. The van der Waals surface area contributed by atoms with E-state index in [-0.39, 0.29) is 5.92 Å². The monoisotopic (exact) mass is 372 g/mol. The minimum absolute atomic E-state index is 0.153. The summed E-state index contributed by atoms with van der Waals surface area (Å²) in [6.07, 6.45) is 0.131. The number of piperazine rings is 1. The lowest BCUT2D eigenvalue weighted by Gasteiger charge is -2.34. The summed E-state index contributed by atoms with van der Waals surface area (Å²) >= 11 is 6.25. The van der Waals surface area contributed by atoms with Crippen molar-refractivity contribution in [2.75, 3.05) is 44.0 Å². The van der Waals surface area contributed by atoms with Gasteiger partial charge in [-0.1, -0.05) is 36.4 Å². The van der Waals surface area contributed by atoms with Gasteiger partial charge in [0.05, 0.1) is 6.10 Å². The van der Waals surface area contributed by atoms with E-state index in [9.17, 15) is 5.11 Å². The molecule has 0 saturated carbocycles. The lowest BCUT2D eigenvalue weighted by Crippen LogP contribution is -2.44. The van der Waals surface area contributed by atoms with Crippen molar-refractivity contribution in [2.45, 2.75) is 25.4 Å². The molecule has 4 heteroatoms. The molecule has 2 atom stereocenters. The molecule has 1 saturated heterocycles. The van der Waals surface area contributed by atoms with E-state index in [1.54, 1.807) is 0 Å². The molecule has 2 aromatic carbocycles. The Morgan fingerprint density at radius 1 is 1.04 bits per heavy atom. The number of hydrogen-bond acceptors (Lipinski definition) is 3. The van der Waals surface area contributed by atoms with E-state index in [0.29, 0.717) is 12.3 Å². The average molecular weight is 373 g/mol. The third kappa shape index (κ3) is 4.59. The van der Waals surface area contributed by atoms with Crippen molar-refractivity contribution in [3.63, 3.8) is 0 Å². The molecular formula is C22H29ClN2O. The van der Waals surface area contributed by atoms with Gasteiger partial charge in [0.15, 0.2) is 0 Å². The number of aliphatic hydroxyl groups excluding tert-OH is 1. The van der Waals surface area contributed by atoms with E-state index in [1.807, 2.05) is 18.2 Å². The smallest absolute Gasteiger partial charge is 0.0797 e. The normalized spacial score (nSPS) is 17.9. The van der Waals surface area contributed by atoms with Crippen LogP contribution in [0.3, 0.4) is 0 Å². The quantitative estimate of drug-likeness (QED) is 0.770. The maximum absolute atomic E-state index is 10.9. The van der Waals surface area contributed by atoms with E-state index < -0.39 is 6.10 Å². The first-order valence-corrected chi connectivity index (χ1v) is 9.95. The van der Waals surface area contributed by atoms with E-state index >= 15 is 0 Å². The van der Waals surface area contributed by atoms with Gasteiger partial charge in [-0.05, 0) is 49.2 Å². The summed E-state index contributed by atoms with van der Waals surface area (Å²) in [6, 6.07) is 16.7. The molecule has 1 aliphatic heterocycles. The van der Waals surface area contributed by atoms with E-state index in [1.165, 1.54) is 16.8 Å². The zero-order valence-corrected chi connectivity index (χ0v) is 16.5. The number of anilines is 1. The summed E-state index contributed by atoms with van der Waals surface area (Å²) in [5.74, 6) is 0.667. The highest BCUT2D eigenvalue weighted by Crippen LogP contribution is 2.32. The number of rotatable bonds is 6. The number of alkyl halides is 1. The summed E-state index contributed by atoms with van der Waals surface area (Å²) in [5.41, 5.74) is 4.64. The van der Waals surface area contributed by atoms with Crippen LogP contribution in [0.15, 0.2) is 48.5 Å². The van der Waals surface area contributed by atoms with Crippen molar-refractivity contribution in [3.8, 4) is 0 Å². The van der Waals surface area contributed by atoms with Crippen LogP contribution < -0.4 is 4.90 Å². The van der Waals surface area contributed by atoms with Crippen molar-refractivity contribution in [3.05, 3.63) is 65.2 Å². The molecule has 0 radical (unpaired) electrons. The van der Waals surface area contributed by atoms with Crippen molar-refractivity contribution in [1.82, 2.24) is 4.90 Å². The Bertz CT molecular complexity index is 713. The van der Waals surface area contributed by atoms with Crippen LogP contribution in [-0.2, 0) is 0 Å². The number of halogens is 1. The molecule has 140 valence electrons. The molecule has 1 fully saturated rings. The fourth-order valence-corrected chi connectivity index (χ4v) is 4.01. The predicted octanol–water partition coefficient (Wildman–Crippen LogP) is 4.19. The minimum atomic E-state index is -0.509. The lowest BCUT2D eigenvalue weighted by atomic mass is 9.89. The molecule has 2 aromatic rings. The van der Waals surface area contributed by atoms with Gasteiger partial charge in [-0.3, -0.25) is 0 Å². The molecule has 1 heterocycles. The molecule has 26 heavy (non-hydrogen) atoms. The fraction of sp³-hybridized carbons (Fsp3) is 0.455. The maximum atomic E-state index is 10.9. The molecule has 1 aliphatic rings. The molecule has 0 aromatic heterocycles. The third-order valence-corrected chi connectivity index (χ3v) is 5.82. The molecule has 1 N–H and O–H groups in total. The first-order valence-electron chi connectivity index (χ1n) is 9.41. The Hall–Kier alpha value is -1.55. The molecule has 0 bridgehead atoms. The van der Waals surface area contributed by atoms with Crippen molar-refractivity contribution in [2.24, 2.45) is 0 Å². The van der Waals surface area contributed by atoms with Crippen LogP contribution in [0.2, 0.25) is 0 Å². The van der Waals surface area contributed by atoms with Gasteiger partial charge in [-0.15, -0.1) is 11.6 Å². The maximum Gasteiger partial charge on any atom is 0.0797 e. The van der Waals surface area contributed by atoms with Gasteiger partial charge in [0.25, 0.3) is 0 Å². The number of likely N-dealkylation sites (N-methyl/N-ethyl adjacent to an activating group) is 1. The molecule has 2 unspecified atom stereocenters. The van der Waals surface area contributed by atoms with Crippen molar-refractivity contribution >= 4 is 17.3 Å². The van der Waals surface area contributed by atoms with Crippen LogP contribution in [0.5, 0.6) is 0 Å². The first-order chi connectivity index (χ1) is 12.6. The second kappa shape index (κ2) is 8.90. The largest absolute Gasteiger partial charge is 0.388 e. The van der Waals surface area contributed by atoms with Gasteiger partial charge in [-0.2, -0.15) is 0 Å². The molecular weight excluding hydrogens is 344 g/mol. The van der Waals surface area contributed by atoms with Gasteiger partial charge in [0.1, 0.15) is 0 Å². The summed E-state index contributed by atoms with van der Waals surface area (Å²) in [5, 5.41) is 10.9. The molecule has 3 nitrogen and oxygen atoms in total. The predicted molar refractivity (Wildman–Crippen MR) is 110 cm³/mol. The Morgan fingerprint density at radius 3 is 2.46 bits per heavy atom. The van der Waals surface area contributed by atoms with Crippen LogP contribution in [0.4, 0.5) is 5.69 Å². The average Bonchev–Trinajstić information content (AvgIpc) is 2.67. The van der Waals surface area contributed by atoms with Gasteiger partial charge in [-0.25, -0.2) is 0 Å². The lowest BCUT2D eigenvalue weighted by molar-refractivity contribution is 0.160. The standard InChI is InChI=1S/C22H29ClN2O/c1-17-6-3-4-9-21(17)19(16-23)15-22(26)18-7-5-8-20(14-18)25-12-10-24(2)11-13-25/h3-9,14,19,22,26H,10-13,15-16H2,1-2H3. The Labute approximate surface area is 162 Å². The minimum Gasteiger partial charge on any atom is -0.388 e. The molecule has 3 rings (SSSR count).